The third-order valence-electron chi connectivity index (χ3n) is 2.97. The quantitative estimate of drug-likeness (QED) is 0.754. The lowest BCUT2D eigenvalue weighted by molar-refractivity contribution is 0.533. The number of rotatable bonds is 4. The second-order valence-corrected chi connectivity index (χ2v) is 5.49. The monoisotopic (exact) mass is 259 g/mol. The van der Waals surface area contributed by atoms with Crippen molar-refractivity contribution in [3.8, 4) is 0 Å². The molecule has 72 valence electrons. The molecule has 0 N–H and O–H groups in total. The predicted octanol–water partition coefficient (Wildman–Crippen LogP) is 3.56. The number of hydrogen-bond acceptors (Lipinski definition) is 2. The van der Waals surface area contributed by atoms with E-state index in [1.165, 1.54) is 41.6 Å². The van der Waals surface area contributed by atoms with Crippen LogP contribution in [0.25, 0.3) is 0 Å². The van der Waals surface area contributed by atoms with Crippen molar-refractivity contribution in [1.82, 2.24) is 4.98 Å². The van der Waals surface area contributed by atoms with Crippen molar-refractivity contribution in [2.75, 3.05) is 5.33 Å². The third kappa shape index (κ3) is 2.13. The summed E-state index contributed by atoms with van der Waals surface area (Å²) in [6.45, 7) is 2.11. The van der Waals surface area contributed by atoms with E-state index in [2.05, 4.69) is 27.8 Å². The van der Waals surface area contributed by atoms with Gasteiger partial charge in [0.1, 0.15) is 0 Å². The first kappa shape index (κ1) is 9.66. The number of halogens is 1. The molecule has 1 fully saturated rings. The maximum Gasteiger partial charge on any atom is 0.0797 e. The van der Waals surface area contributed by atoms with Crippen molar-refractivity contribution in [3.05, 3.63) is 16.1 Å². The highest BCUT2D eigenvalue weighted by Gasteiger charge is 2.40. The Labute approximate surface area is 91.7 Å². The highest BCUT2D eigenvalue weighted by molar-refractivity contribution is 9.09. The molecular formula is C10H14BrNS. The van der Waals surface area contributed by atoms with Gasteiger partial charge in [0.2, 0.25) is 0 Å². The molecule has 0 bridgehead atoms. The summed E-state index contributed by atoms with van der Waals surface area (Å²) >= 11 is 5.41. The van der Waals surface area contributed by atoms with Crippen LogP contribution in [0.2, 0.25) is 0 Å². The Kier molecular flexibility index (Phi) is 2.75. The molecule has 1 aliphatic carbocycles. The Balaban J connectivity index is 1.90. The van der Waals surface area contributed by atoms with Crippen LogP contribution in [0, 0.1) is 12.3 Å². The summed E-state index contributed by atoms with van der Waals surface area (Å²) in [5.74, 6) is 0. The fourth-order valence-corrected chi connectivity index (χ4v) is 3.19. The van der Waals surface area contributed by atoms with Gasteiger partial charge >= 0.3 is 0 Å². The standard InChI is InChI=1S/C10H14BrNS/c1-8-9(13-7-12-8)2-3-10(6-11)4-5-10/h7H,2-6H2,1H3. The van der Waals surface area contributed by atoms with Crippen molar-refractivity contribution in [3.63, 3.8) is 0 Å². The smallest absolute Gasteiger partial charge is 0.0797 e. The van der Waals surface area contributed by atoms with Gasteiger partial charge in [0, 0.05) is 10.2 Å². The lowest BCUT2D eigenvalue weighted by Crippen LogP contribution is -2.03. The maximum atomic E-state index is 4.27. The first-order valence-corrected chi connectivity index (χ1v) is 6.71. The number of thiazole rings is 1. The maximum absolute atomic E-state index is 4.27. The molecule has 0 aliphatic heterocycles. The Hall–Kier alpha value is 0.110. The highest BCUT2D eigenvalue weighted by atomic mass is 79.9. The van der Waals surface area contributed by atoms with E-state index in [9.17, 15) is 0 Å². The molecule has 0 aromatic carbocycles. The zero-order chi connectivity index (χ0) is 9.31. The molecule has 1 aromatic heterocycles. The number of alkyl halides is 1. The fraction of sp³-hybridized carbons (Fsp3) is 0.700. The van der Waals surface area contributed by atoms with Crippen LogP contribution in [0.4, 0.5) is 0 Å². The van der Waals surface area contributed by atoms with Crippen LogP contribution in [0.5, 0.6) is 0 Å². The van der Waals surface area contributed by atoms with Gasteiger partial charge in [-0.2, -0.15) is 0 Å². The lowest BCUT2D eigenvalue weighted by Gasteiger charge is -2.09. The van der Waals surface area contributed by atoms with Gasteiger partial charge in [-0.1, -0.05) is 15.9 Å². The van der Waals surface area contributed by atoms with Crippen LogP contribution >= 0.6 is 27.3 Å². The number of aryl methyl sites for hydroxylation is 2. The van der Waals surface area contributed by atoms with E-state index >= 15 is 0 Å². The van der Waals surface area contributed by atoms with Gasteiger partial charge in [0.25, 0.3) is 0 Å². The van der Waals surface area contributed by atoms with Gasteiger partial charge in [0.05, 0.1) is 11.2 Å². The summed E-state index contributed by atoms with van der Waals surface area (Å²) in [7, 11) is 0. The normalized spacial score (nSPS) is 18.9. The Bertz CT molecular complexity index is 291. The number of aromatic nitrogens is 1. The molecule has 0 saturated heterocycles. The molecule has 1 saturated carbocycles. The van der Waals surface area contributed by atoms with Crippen LogP contribution in [0.1, 0.15) is 29.8 Å². The molecule has 0 unspecified atom stereocenters. The molecule has 2 rings (SSSR count). The van der Waals surface area contributed by atoms with Crippen LogP contribution in [-0.4, -0.2) is 10.3 Å². The molecule has 1 nitrogen and oxygen atoms in total. The van der Waals surface area contributed by atoms with Crippen LogP contribution in [-0.2, 0) is 6.42 Å². The van der Waals surface area contributed by atoms with E-state index < -0.39 is 0 Å². The molecule has 0 spiro atoms. The predicted molar refractivity (Wildman–Crippen MR) is 60.6 cm³/mol. The van der Waals surface area contributed by atoms with Gasteiger partial charge in [-0.05, 0) is 38.0 Å². The molecule has 1 heterocycles. The van der Waals surface area contributed by atoms with Gasteiger partial charge in [-0.25, -0.2) is 4.98 Å². The Morgan fingerprint density at radius 2 is 2.38 bits per heavy atom. The Morgan fingerprint density at radius 3 is 2.85 bits per heavy atom. The second kappa shape index (κ2) is 3.70. The third-order valence-corrected chi connectivity index (χ3v) is 5.15. The summed E-state index contributed by atoms with van der Waals surface area (Å²) in [5.41, 5.74) is 3.84. The van der Waals surface area contributed by atoms with E-state index in [0.717, 1.165) is 0 Å². The highest BCUT2D eigenvalue weighted by Crippen LogP contribution is 2.50. The molecule has 1 aliphatic rings. The summed E-state index contributed by atoms with van der Waals surface area (Å²) in [6.07, 6.45) is 5.38. The summed E-state index contributed by atoms with van der Waals surface area (Å²) in [4.78, 5) is 5.75. The minimum atomic E-state index is 0.649. The summed E-state index contributed by atoms with van der Waals surface area (Å²) < 4.78 is 0. The zero-order valence-electron chi connectivity index (χ0n) is 7.85. The molecule has 13 heavy (non-hydrogen) atoms. The lowest BCUT2D eigenvalue weighted by atomic mass is 10.0. The zero-order valence-corrected chi connectivity index (χ0v) is 10.2. The number of hydrogen-bond donors (Lipinski definition) is 0. The minimum Gasteiger partial charge on any atom is -0.250 e. The van der Waals surface area contributed by atoms with Crippen molar-refractivity contribution in [1.29, 1.82) is 0 Å². The SMILES string of the molecule is Cc1ncsc1CCC1(CBr)CC1. The molecular weight excluding hydrogens is 246 g/mol. The van der Waals surface area contributed by atoms with Crippen LogP contribution in [0.3, 0.4) is 0 Å². The van der Waals surface area contributed by atoms with Crippen LogP contribution < -0.4 is 0 Å². The molecule has 0 radical (unpaired) electrons. The minimum absolute atomic E-state index is 0.649. The fourth-order valence-electron chi connectivity index (χ4n) is 1.57. The van der Waals surface area contributed by atoms with E-state index in [1.807, 2.05) is 5.51 Å². The average molecular weight is 260 g/mol. The first-order chi connectivity index (χ1) is 6.26. The first-order valence-electron chi connectivity index (χ1n) is 4.71. The largest absolute Gasteiger partial charge is 0.250 e. The molecule has 3 heteroatoms. The van der Waals surface area contributed by atoms with Crippen molar-refractivity contribution < 1.29 is 0 Å². The molecule has 0 atom stereocenters. The van der Waals surface area contributed by atoms with E-state index in [4.69, 9.17) is 0 Å². The molecule has 1 aromatic rings. The topological polar surface area (TPSA) is 12.9 Å². The van der Waals surface area contributed by atoms with Gasteiger partial charge < -0.3 is 0 Å². The number of nitrogens with zero attached hydrogens (tertiary/aromatic N) is 1. The van der Waals surface area contributed by atoms with E-state index in [1.54, 1.807) is 11.3 Å². The summed E-state index contributed by atoms with van der Waals surface area (Å²) in [5, 5.41) is 1.18. The summed E-state index contributed by atoms with van der Waals surface area (Å²) in [6, 6.07) is 0. The molecule has 0 amide bonds. The van der Waals surface area contributed by atoms with Gasteiger partial charge in [0.15, 0.2) is 0 Å². The Morgan fingerprint density at radius 1 is 1.62 bits per heavy atom. The van der Waals surface area contributed by atoms with Crippen LogP contribution in [0.15, 0.2) is 5.51 Å². The van der Waals surface area contributed by atoms with Gasteiger partial charge in [-0.3, -0.25) is 0 Å². The van der Waals surface area contributed by atoms with Gasteiger partial charge in [-0.15, -0.1) is 11.3 Å². The van der Waals surface area contributed by atoms with Crippen molar-refractivity contribution in [2.45, 2.75) is 32.6 Å². The van der Waals surface area contributed by atoms with E-state index in [-0.39, 0.29) is 0 Å². The van der Waals surface area contributed by atoms with Crippen molar-refractivity contribution >= 4 is 27.3 Å². The van der Waals surface area contributed by atoms with E-state index in [0.29, 0.717) is 5.41 Å². The average Bonchev–Trinajstić information content (AvgIpc) is 2.82. The second-order valence-electron chi connectivity index (χ2n) is 3.99. The van der Waals surface area contributed by atoms with Crippen molar-refractivity contribution in [2.24, 2.45) is 5.41 Å².